The highest BCUT2D eigenvalue weighted by Gasteiger charge is 2.12. The van der Waals surface area contributed by atoms with Crippen LogP contribution < -0.4 is 4.74 Å². The van der Waals surface area contributed by atoms with Gasteiger partial charge in [-0.3, -0.25) is 0 Å². The van der Waals surface area contributed by atoms with Gasteiger partial charge < -0.3 is 13.9 Å². The maximum Gasteiger partial charge on any atom is 0.339 e. The van der Waals surface area contributed by atoms with Crippen LogP contribution in [0.4, 0.5) is 0 Å². The lowest BCUT2D eigenvalue weighted by Gasteiger charge is -1.99. The van der Waals surface area contributed by atoms with Crippen molar-refractivity contribution >= 4 is 17.1 Å². The van der Waals surface area contributed by atoms with Crippen molar-refractivity contribution in [2.24, 2.45) is 0 Å². The number of aromatic nitrogens is 1. The third kappa shape index (κ3) is 3.01. The number of fused-ring (bicyclic) bond motifs is 1. The van der Waals surface area contributed by atoms with Gasteiger partial charge in [-0.25, -0.2) is 9.78 Å². The zero-order valence-electron chi connectivity index (χ0n) is 12.4. The Labute approximate surface area is 132 Å². The van der Waals surface area contributed by atoms with Crippen LogP contribution in [0, 0.1) is 12.3 Å². The molecule has 114 valence electrons. The molecule has 0 spiro atoms. The topological polar surface area (TPSA) is 61.6 Å². The van der Waals surface area contributed by atoms with Crippen molar-refractivity contribution < 1.29 is 18.7 Å². The molecule has 23 heavy (non-hydrogen) atoms. The Kier molecular flexibility index (Phi) is 3.98. The van der Waals surface area contributed by atoms with E-state index in [4.69, 9.17) is 20.3 Å². The summed E-state index contributed by atoms with van der Waals surface area (Å²) in [4.78, 5) is 16.2. The van der Waals surface area contributed by atoms with Gasteiger partial charge in [0.15, 0.2) is 12.2 Å². The normalized spacial score (nSPS) is 10.3. The minimum Gasteiger partial charge on any atom is -0.497 e. The summed E-state index contributed by atoms with van der Waals surface area (Å²) in [7, 11) is 1.61. The second-order valence-electron chi connectivity index (χ2n) is 4.71. The summed E-state index contributed by atoms with van der Waals surface area (Å²) >= 11 is 0. The van der Waals surface area contributed by atoms with Gasteiger partial charge >= 0.3 is 5.97 Å². The van der Waals surface area contributed by atoms with Crippen molar-refractivity contribution in [2.75, 3.05) is 13.7 Å². The Morgan fingerprint density at radius 1 is 1.26 bits per heavy atom. The van der Waals surface area contributed by atoms with Gasteiger partial charge in [-0.15, -0.1) is 6.42 Å². The number of esters is 1. The highest BCUT2D eigenvalue weighted by molar-refractivity contribution is 5.93. The highest BCUT2D eigenvalue weighted by atomic mass is 16.5. The standard InChI is InChI=1S/C18H13NO4/c1-3-10-22-18(20)13-6-9-16-15(11-13)19-17(23-16)12-4-7-14(21-2)8-5-12/h1,4-9,11H,10H2,2H3. The van der Waals surface area contributed by atoms with Crippen LogP contribution in [-0.2, 0) is 4.74 Å². The van der Waals surface area contributed by atoms with Gasteiger partial charge in [0.25, 0.3) is 0 Å². The number of benzene rings is 2. The van der Waals surface area contributed by atoms with E-state index < -0.39 is 5.97 Å². The second-order valence-corrected chi connectivity index (χ2v) is 4.71. The van der Waals surface area contributed by atoms with Crippen LogP contribution in [0.3, 0.4) is 0 Å². The summed E-state index contributed by atoms with van der Waals surface area (Å²) in [5.41, 5.74) is 2.36. The van der Waals surface area contributed by atoms with Crippen LogP contribution >= 0.6 is 0 Å². The van der Waals surface area contributed by atoms with Gasteiger partial charge in [-0.1, -0.05) is 5.92 Å². The minimum atomic E-state index is -0.487. The van der Waals surface area contributed by atoms with E-state index in [-0.39, 0.29) is 6.61 Å². The molecule has 0 unspecified atom stereocenters. The minimum absolute atomic E-state index is 0.0627. The van der Waals surface area contributed by atoms with E-state index in [1.807, 2.05) is 24.3 Å². The predicted molar refractivity (Wildman–Crippen MR) is 85.1 cm³/mol. The van der Waals surface area contributed by atoms with E-state index in [0.717, 1.165) is 11.3 Å². The van der Waals surface area contributed by atoms with Crippen LogP contribution in [0.5, 0.6) is 5.75 Å². The second kappa shape index (κ2) is 6.24. The average Bonchev–Trinajstić information content (AvgIpc) is 3.02. The summed E-state index contributed by atoms with van der Waals surface area (Å²) in [5, 5.41) is 0. The van der Waals surface area contributed by atoms with E-state index in [1.54, 1.807) is 25.3 Å². The largest absolute Gasteiger partial charge is 0.497 e. The number of carbonyl (C=O) groups excluding carboxylic acids is 1. The Hall–Kier alpha value is -3.26. The zero-order chi connectivity index (χ0) is 16.2. The number of rotatable bonds is 4. The first-order valence-electron chi connectivity index (χ1n) is 6.87. The fraction of sp³-hybridized carbons (Fsp3) is 0.111. The predicted octanol–water partition coefficient (Wildman–Crippen LogP) is 3.29. The molecule has 3 rings (SSSR count). The Bertz CT molecular complexity index is 888. The van der Waals surface area contributed by atoms with E-state index in [0.29, 0.717) is 22.6 Å². The Morgan fingerprint density at radius 3 is 2.74 bits per heavy atom. The molecule has 5 heteroatoms. The summed E-state index contributed by atoms with van der Waals surface area (Å²) in [5.74, 6) is 2.99. The number of terminal acetylenes is 1. The van der Waals surface area contributed by atoms with Crippen molar-refractivity contribution in [3.05, 3.63) is 48.0 Å². The lowest BCUT2D eigenvalue weighted by molar-refractivity contribution is 0.0557. The lowest BCUT2D eigenvalue weighted by Crippen LogP contribution is -2.04. The van der Waals surface area contributed by atoms with E-state index in [1.165, 1.54) is 0 Å². The van der Waals surface area contributed by atoms with Gasteiger partial charge in [0.2, 0.25) is 5.89 Å². The quantitative estimate of drug-likeness (QED) is 0.547. The molecule has 0 fully saturated rings. The average molecular weight is 307 g/mol. The molecule has 1 heterocycles. The van der Waals surface area contributed by atoms with Crippen molar-refractivity contribution in [3.63, 3.8) is 0 Å². The third-order valence-corrected chi connectivity index (χ3v) is 3.25. The number of methoxy groups -OCH3 is 1. The first-order valence-corrected chi connectivity index (χ1v) is 6.87. The van der Waals surface area contributed by atoms with Crippen LogP contribution in [0.1, 0.15) is 10.4 Å². The van der Waals surface area contributed by atoms with Crippen LogP contribution in [-0.4, -0.2) is 24.7 Å². The lowest BCUT2D eigenvalue weighted by atomic mass is 10.2. The molecule has 0 aliphatic carbocycles. The van der Waals surface area contributed by atoms with E-state index in [2.05, 4.69) is 10.9 Å². The molecule has 0 radical (unpaired) electrons. The SMILES string of the molecule is C#CCOC(=O)c1ccc2oc(-c3ccc(OC)cc3)nc2c1. The maximum absolute atomic E-state index is 11.8. The van der Waals surface area contributed by atoms with Gasteiger partial charge in [-0.05, 0) is 42.5 Å². The molecular formula is C18H13NO4. The molecule has 0 saturated carbocycles. The van der Waals surface area contributed by atoms with E-state index >= 15 is 0 Å². The first-order chi connectivity index (χ1) is 11.2. The zero-order valence-corrected chi connectivity index (χ0v) is 12.4. The molecule has 2 aromatic carbocycles. The summed E-state index contributed by atoms with van der Waals surface area (Å²) in [6.45, 7) is -0.0627. The molecule has 3 aromatic rings. The molecular weight excluding hydrogens is 294 g/mol. The fourth-order valence-electron chi connectivity index (χ4n) is 2.10. The Balaban J connectivity index is 1.92. The van der Waals surface area contributed by atoms with Crippen molar-refractivity contribution in [1.82, 2.24) is 4.98 Å². The maximum atomic E-state index is 11.8. The first kappa shape index (κ1) is 14.7. The summed E-state index contributed by atoms with van der Waals surface area (Å²) in [6, 6.07) is 12.3. The number of oxazole rings is 1. The molecule has 0 amide bonds. The van der Waals surface area contributed by atoms with Crippen LogP contribution in [0.2, 0.25) is 0 Å². The molecule has 0 aliphatic rings. The fourth-order valence-corrected chi connectivity index (χ4v) is 2.10. The smallest absolute Gasteiger partial charge is 0.339 e. The van der Waals surface area contributed by atoms with Crippen molar-refractivity contribution in [2.45, 2.75) is 0 Å². The molecule has 1 aromatic heterocycles. The number of ether oxygens (including phenoxy) is 2. The monoisotopic (exact) mass is 307 g/mol. The molecule has 0 atom stereocenters. The summed E-state index contributed by atoms with van der Waals surface area (Å²) in [6.07, 6.45) is 5.07. The van der Waals surface area contributed by atoms with E-state index in [9.17, 15) is 4.79 Å². The van der Waals surface area contributed by atoms with Gasteiger partial charge in [0.05, 0.1) is 12.7 Å². The molecule has 0 bridgehead atoms. The van der Waals surface area contributed by atoms with Crippen LogP contribution in [0.15, 0.2) is 46.9 Å². The number of nitrogens with zero attached hydrogens (tertiary/aromatic N) is 1. The van der Waals surface area contributed by atoms with Gasteiger partial charge in [0.1, 0.15) is 11.3 Å². The molecule has 0 saturated heterocycles. The van der Waals surface area contributed by atoms with Crippen LogP contribution in [0.25, 0.3) is 22.6 Å². The Morgan fingerprint density at radius 2 is 2.04 bits per heavy atom. The van der Waals surface area contributed by atoms with Crippen molar-refractivity contribution in [3.8, 4) is 29.5 Å². The highest BCUT2D eigenvalue weighted by Crippen LogP contribution is 2.26. The van der Waals surface area contributed by atoms with Gasteiger partial charge in [0, 0.05) is 5.56 Å². The molecule has 0 aliphatic heterocycles. The molecule has 0 N–H and O–H groups in total. The third-order valence-electron chi connectivity index (χ3n) is 3.25. The van der Waals surface area contributed by atoms with Gasteiger partial charge in [-0.2, -0.15) is 0 Å². The molecule has 5 nitrogen and oxygen atoms in total. The number of carbonyl (C=O) groups is 1. The number of hydrogen-bond donors (Lipinski definition) is 0. The summed E-state index contributed by atoms with van der Waals surface area (Å²) < 4.78 is 15.7. The van der Waals surface area contributed by atoms with Crippen molar-refractivity contribution in [1.29, 1.82) is 0 Å². The number of hydrogen-bond acceptors (Lipinski definition) is 5.